The van der Waals surface area contributed by atoms with Crippen LogP contribution in [0.25, 0.3) is 0 Å². The van der Waals surface area contributed by atoms with Crippen LogP contribution >= 0.6 is 0 Å². The zero-order valence-electron chi connectivity index (χ0n) is 10.2. The van der Waals surface area contributed by atoms with E-state index in [0.717, 1.165) is 0 Å². The Morgan fingerprint density at radius 3 is 2.59 bits per heavy atom. The molecule has 0 bridgehead atoms. The molecule has 2 rings (SSSR count). The lowest BCUT2D eigenvalue weighted by Crippen LogP contribution is -2.16. The van der Waals surface area contributed by atoms with Crippen molar-refractivity contribution in [3.05, 3.63) is 35.7 Å². The number of rotatable bonds is 3. The maximum absolute atomic E-state index is 13.8. The minimum absolute atomic E-state index is 0.217. The molecule has 1 heterocycles. The van der Waals surface area contributed by atoms with Crippen molar-refractivity contribution >= 4 is 0 Å². The van der Waals surface area contributed by atoms with Gasteiger partial charge in [0.25, 0.3) is 0 Å². The molecule has 1 aromatic carbocycles. The van der Waals surface area contributed by atoms with E-state index in [1.54, 1.807) is 6.07 Å². The van der Waals surface area contributed by atoms with Gasteiger partial charge in [-0.3, -0.25) is 0 Å². The van der Waals surface area contributed by atoms with Gasteiger partial charge in [0.2, 0.25) is 0 Å². The van der Waals surface area contributed by atoms with Crippen molar-refractivity contribution in [2.45, 2.75) is 20.3 Å². The van der Waals surface area contributed by atoms with Crippen molar-refractivity contribution in [1.29, 1.82) is 0 Å². The molecule has 0 amide bonds. The molecule has 1 aromatic rings. The first-order chi connectivity index (χ1) is 8.20. The Labute approximate surface area is 101 Å². The number of hydrogen-bond donors (Lipinski definition) is 0. The summed E-state index contributed by atoms with van der Waals surface area (Å²) < 4.78 is 24.6. The third-order valence-electron chi connectivity index (χ3n) is 2.77. The molecular formula is C14H17FO2. The van der Waals surface area contributed by atoms with Crippen LogP contribution in [0.5, 0.6) is 11.5 Å². The summed E-state index contributed by atoms with van der Waals surface area (Å²) in [5.41, 5.74) is 0.680. The molecule has 1 atom stereocenters. The van der Waals surface area contributed by atoms with Gasteiger partial charge in [-0.25, -0.2) is 4.39 Å². The van der Waals surface area contributed by atoms with Crippen molar-refractivity contribution in [2.24, 2.45) is 5.92 Å². The number of benzene rings is 1. The predicted molar refractivity (Wildman–Crippen MR) is 65.1 cm³/mol. The maximum Gasteiger partial charge on any atom is 0.164 e. The highest BCUT2D eigenvalue weighted by molar-refractivity contribution is 5.44. The molecule has 0 saturated heterocycles. The minimum atomic E-state index is -0.217. The summed E-state index contributed by atoms with van der Waals surface area (Å²) in [4.78, 5) is 0. The first-order valence-corrected chi connectivity index (χ1v) is 5.91. The molecule has 0 aliphatic carbocycles. The van der Waals surface area contributed by atoms with Crippen LogP contribution in [-0.2, 0) is 6.42 Å². The van der Waals surface area contributed by atoms with Crippen LogP contribution in [0, 0.1) is 11.7 Å². The Balaban J connectivity index is 2.22. The van der Waals surface area contributed by atoms with E-state index in [1.165, 1.54) is 6.07 Å². The van der Waals surface area contributed by atoms with Gasteiger partial charge in [-0.15, -0.1) is 0 Å². The Morgan fingerprint density at radius 2 is 1.94 bits per heavy atom. The number of fused-ring (bicyclic) bond motifs is 1. The summed E-state index contributed by atoms with van der Waals surface area (Å²) in [6.45, 7) is 5.05. The van der Waals surface area contributed by atoms with Crippen LogP contribution in [0.4, 0.5) is 4.39 Å². The van der Waals surface area contributed by atoms with Crippen molar-refractivity contribution in [3.63, 3.8) is 0 Å². The third-order valence-corrected chi connectivity index (χ3v) is 2.77. The molecule has 3 heteroatoms. The summed E-state index contributed by atoms with van der Waals surface area (Å²) >= 11 is 0. The first kappa shape index (κ1) is 12.0. The highest BCUT2D eigenvalue weighted by atomic mass is 19.1. The van der Waals surface area contributed by atoms with E-state index in [1.807, 2.05) is 13.0 Å². The van der Waals surface area contributed by atoms with Gasteiger partial charge in [-0.05, 0) is 30.9 Å². The van der Waals surface area contributed by atoms with E-state index >= 15 is 0 Å². The minimum Gasteiger partial charge on any atom is -0.486 e. The lowest BCUT2D eigenvalue weighted by atomic mass is 9.99. The molecule has 0 spiro atoms. The zero-order chi connectivity index (χ0) is 12.3. The molecule has 2 nitrogen and oxygen atoms in total. The van der Waals surface area contributed by atoms with Crippen LogP contribution in [0.15, 0.2) is 24.3 Å². The molecule has 17 heavy (non-hydrogen) atoms. The van der Waals surface area contributed by atoms with Crippen LogP contribution in [0.3, 0.4) is 0 Å². The highest BCUT2D eigenvalue weighted by Crippen LogP contribution is 2.33. The second kappa shape index (κ2) is 5.21. The van der Waals surface area contributed by atoms with Gasteiger partial charge < -0.3 is 9.47 Å². The Hall–Kier alpha value is -1.51. The second-order valence-corrected chi connectivity index (χ2v) is 4.29. The van der Waals surface area contributed by atoms with Gasteiger partial charge in [0.05, 0.1) is 0 Å². The fourth-order valence-corrected chi connectivity index (χ4v) is 2.01. The van der Waals surface area contributed by atoms with E-state index in [0.29, 0.717) is 42.6 Å². The molecule has 92 valence electrons. The van der Waals surface area contributed by atoms with Gasteiger partial charge in [-0.1, -0.05) is 19.1 Å². The van der Waals surface area contributed by atoms with E-state index < -0.39 is 0 Å². The van der Waals surface area contributed by atoms with Crippen LogP contribution in [0.2, 0.25) is 0 Å². The highest BCUT2D eigenvalue weighted by Gasteiger charge is 2.16. The molecular weight excluding hydrogens is 219 g/mol. The van der Waals surface area contributed by atoms with Gasteiger partial charge in [0, 0.05) is 6.07 Å². The molecule has 1 aliphatic rings. The van der Waals surface area contributed by atoms with Crippen molar-refractivity contribution < 1.29 is 13.9 Å². The average molecular weight is 236 g/mol. The largest absolute Gasteiger partial charge is 0.486 e. The number of hydrogen-bond acceptors (Lipinski definition) is 2. The standard InChI is InChI=1S/C14H17FO2/c1-3-4-10(2)7-11-8-13-14(9-12(11)15)17-6-5-16-13/h3-4,8-10H,5-7H2,1-2H3/b4-3-. The lowest BCUT2D eigenvalue weighted by Gasteiger charge is -2.20. The number of halogens is 1. The first-order valence-electron chi connectivity index (χ1n) is 5.91. The molecule has 0 aromatic heterocycles. The molecule has 0 saturated carbocycles. The summed E-state index contributed by atoms with van der Waals surface area (Å²) in [6.07, 6.45) is 4.73. The maximum atomic E-state index is 13.8. The van der Waals surface area contributed by atoms with Gasteiger partial charge in [0.15, 0.2) is 11.5 Å². The molecule has 1 unspecified atom stereocenters. The van der Waals surface area contributed by atoms with Gasteiger partial charge in [0.1, 0.15) is 19.0 Å². The van der Waals surface area contributed by atoms with Gasteiger partial charge >= 0.3 is 0 Å². The topological polar surface area (TPSA) is 18.5 Å². The van der Waals surface area contributed by atoms with Crippen molar-refractivity contribution in [3.8, 4) is 11.5 Å². The third kappa shape index (κ3) is 2.78. The smallest absolute Gasteiger partial charge is 0.164 e. The lowest BCUT2D eigenvalue weighted by molar-refractivity contribution is 0.170. The zero-order valence-corrected chi connectivity index (χ0v) is 10.2. The van der Waals surface area contributed by atoms with Gasteiger partial charge in [-0.2, -0.15) is 0 Å². The van der Waals surface area contributed by atoms with E-state index in [2.05, 4.69) is 13.0 Å². The Morgan fingerprint density at radius 1 is 1.29 bits per heavy atom. The fourth-order valence-electron chi connectivity index (χ4n) is 2.01. The van der Waals surface area contributed by atoms with E-state index in [9.17, 15) is 4.39 Å². The van der Waals surface area contributed by atoms with Crippen molar-refractivity contribution in [2.75, 3.05) is 13.2 Å². The van der Waals surface area contributed by atoms with E-state index in [4.69, 9.17) is 9.47 Å². The Kier molecular flexibility index (Phi) is 3.67. The van der Waals surface area contributed by atoms with Crippen LogP contribution < -0.4 is 9.47 Å². The van der Waals surface area contributed by atoms with Crippen LogP contribution in [-0.4, -0.2) is 13.2 Å². The molecule has 0 fully saturated rings. The summed E-state index contributed by atoms with van der Waals surface area (Å²) in [6, 6.07) is 3.18. The second-order valence-electron chi connectivity index (χ2n) is 4.29. The Bertz CT molecular complexity index is 426. The fraction of sp³-hybridized carbons (Fsp3) is 0.429. The average Bonchev–Trinajstić information content (AvgIpc) is 2.30. The predicted octanol–water partition coefficient (Wildman–Crippen LogP) is 3.35. The monoisotopic (exact) mass is 236 g/mol. The summed E-state index contributed by atoms with van der Waals surface area (Å²) in [5, 5.41) is 0. The van der Waals surface area contributed by atoms with Crippen molar-refractivity contribution in [1.82, 2.24) is 0 Å². The summed E-state index contributed by atoms with van der Waals surface area (Å²) in [5.74, 6) is 1.26. The number of allylic oxidation sites excluding steroid dienone is 2. The SMILES string of the molecule is C/C=C\C(C)Cc1cc2c(cc1F)OCCO2. The van der Waals surface area contributed by atoms with Crippen LogP contribution in [0.1, 0.15) is 19.4 Å². The summed E-state index contributed by atoms with van der Waals surface area (Å²) in [7, 11) is 0. The van der Waals surface area contributed by atoms with E-state index in [-0.39, 0.29) is 5.82 Å². The normalized spacial score (nSPS) is 16.2. The molecule has 1 aliphatic heterocycles. The molecule has 0 N–H and O–H groups in total. The molecule has 0 radical (unpaired) electrons. The quantitative estimate of drug-likeness (QED) is 0.749. The number of ether oxygens (including phenoxy) is 2.